The third-order valence-electron chi connectivity index (χ3n) is 8.99. The fraction of sp³-hybridized carbons (Fsp3) is 0.515. The Morgan fingerprint density at radius 3 is 2.57 bits per heavy atom. The smallest absolute Gasteiger partial charge is 0.273 e. The summed E-state index contributed by atoms with van der Waals surface area (Å²) in [4.78, 5) is 48.9. The van der Waals surface area contributed by atoms with Crippen LogP contribution in [0.1, 0.15) is 74.9 Å². The van der Waals surface area contributed by atoms with Gasteiger partial charge in [0.05, 0.1) is 29.7 Å². The number of likely N-dealkylation sites (tertiary alicyclic amines) is 2. The highest BCUT2D eigenvalue weighted by Crippen LogP contribution is 2.41. The molecule has 0 spiro atoms. The van der Waals surface area contributed by atoms with E-state index in [1.165, 1.54) is 56.9 Å². The van der Waals surface area contributed by atoms with E-state index in [0.29, 0.717) is 38.5 Å². The van der Waals surface area contributed by atoms with Gasteiger partial charge in [-0.15, -0.1) is 21.5 Å². The van der Waals surface area contributed by atoms with Crippen LogP contribution in [0.3, 0.4) is 0 Å². The number of aryl methyl sites for hydroxylation is 1. The standard InChI is InChI=1S/C33H42N8O4S/c1-20-29(33(44)41-17-12-21(13-18-41)11-16-40-14-4-5-15-40)46-32(35-20)23-7-6-8-24(28(23)45-3)36-25-19-26(37-30(42)22-9-10-22)38-39-27(25)31(43)34-2/h6-8,19,21-22H,4-5,9-18H2,1-3H3,(H,34,43)(H2,36,37,38,42)/i2D3. The van der Waals surface area contributed by atoms with Crippen molar-refractivity contribution in [3.8, 4) is 16.3 Å². The topological polar surface area (TPSA) is 142 Å². The van der Waals surface area contributed by atoms with Gasteiger partial charge in [0.15, 0.2) is 17.3 Å². The third-order valence-corrected chi connectivity index (χ3v) is 10.2. The Labute approximate surface area is 277 Å². The molecule has 3 N–H and O–H groups in total. The molecule has 0 unspecified atom stereocenters. The van der Waals surface area contributed by atoms with Crippen LogP contribution in [-0.2, 0) is 4.79 Å². The number of carbonyl (C=O) groups excluding carboxylic acids is 3. The number of methoxy groups -OCH3 is 1. The fourth-order valence-electron chi connectivity index (χ4n) is 6.17. The first-order valence-electron chi connectivity index (χ1n) is 17.4. The average molecular weight is 650 g/mol. The molecular weight excluding hydrogens is 604 g/mol. The molecule has 3 fully saturated rings. The molecule has 0 bridgehead atoms. The number of thiazole rings is 1. The van der Waals surface area contributed by atoms with Crippen molar-refractivity contribution in [1.82, 2.24) is 30.3 Å². The molecule has 13 heteroatoms. The van der Waals surface area contributed by atoms with E-state index in [0.717, 1.165) is 45.3 Å². The molecule has 244 valence electrons. The minimum atomic E-state index is -2.76. The predicted molar refractivity (Wildman–Crippen MR) is 178 cm³/mol. The first kappa shape index (κ1) is 28.1. The quantitative estimate of drug-likeness (QED) is 0.269. The van der Waals surface area contributed by atoms with E-state index in [1.807, 2.05) is 23.2 Å². The molecule has 4 heterocycles. The number of rotatable bonds is 11. The van der Waals surface area contributed by atoms with E-state index in [2.05, 4.69) is 25.7 Å². The van der Waals surface area contributed by atoms with Crippen LogP contribution in [0.15, 0.2) is 24.3 Å². The minimum absolute atomic E-state index is 0.0129. The fourth-order valence-corrected chi connectivity index (χ4v) is 7.22. The summed E-state index contributed by atoms with van der Waals surface area (Å²) in [5.74, 6) is -0.149. The van der Waals surface area contributed by atoms with Crippen molar-refractivity contribution >= 4 is 46.3 Å². The molecule has 3 aliphatic rings. The molecule has 3 aromatic rings. The zero-order chi connectivity index (χ0) is 34.7. The summed E-state index contributed by atoms with van der Waals surface area (Å²) >= 11 is 1.31. The van der Waals surface area contributed by atoms with Crippen LogP contribution in [0.25, 0.3) is 10.6 Å². The first-order chi connectivity index (χ1) is 23.5. The van der Waals surface area contributed by atoms with E-state index in [9.17, 15) is 14.4 Å². The lowest BCUT2D eigenvalue weighted by Crippen LogP contribution is -2.39. The largest absolute Gasteiger partial charge is 0.494 e. The molecular formula is C33H42N8O4S. The van der Waals surface area contributed by atoms with Gasteiger partial charge < -0.3 is 30.5 Å². The molecule has 12 nitrogen and oxygen atoms in total. The SMILES string of the molecule is [2H]C([2H])([2H])NC(=O)c1nnc(NC(=O)C2CC2)cc1Nc1cccc(-c2nc(C)c(C(=O)N3CCC(CCN4CCCC4)CC3)s2)c1OC. The predicted octanol–water partition coefficient (Wildman–Crippen LogP) is 4.71. The van der Waals surface area contributed by atoms with Gasteiger partial charge >= 0.3 is 0 Å². The highest BCUT2D eigenvalue weighted by atomic mass is 32.1. The number of hydrogen-bond donors (Lipinski definition) is 3. The van der Waals surface area contributed by atoms with Crippen molar-refractivity contribution in [2.75, 3.05) is 57.4 Å². The van der Waals surface area contributed by atoms with Gasteiger partial charge in [-0.3, -0.25) is 14.4 Å². The van der Waals surface area contributed by atoms with E-state index in [-0.39, 0.29) is 34.9 Å². The molecule has 2 aromatic heterocycles. The van der Waals surface area contributed by atoms with Crippen LogP contribution in [-0.4, -0.2) is 89.5 Å². The van der Waals surface area contributed by atoms with Crippen molar-refractivity contribution < 1.29 is 23.2 Å². The second kappa shape index (κ2) is 14.1. The van der Waals surface area contributed by atoms with Crippen LogP contribution in [0.5, 0.6) is 5.75 Å². The normalized spacial score (nSPS) is 18.4. The maximum Gasteiger partial charge on any atom is 0.273 e. The maximum atomic E-state index is 13.7. The number of anilines is 3. The Kier molecular flexibility index (Phi) is 8.64. The lowest BCUT2D eigenvalue weighted by Gasteiger charge is -2.32. The number of amides is 3. The van der Waals surface area contributed by atoms with Gasteiger partial charge in [0.1, 0.15) is 9.88 Å². The zero-order valence-corrected chi connectivity index (χ0v) is 27.0. The van der Waals surface area contributed by atoms with Gasteiger partial charge in [-0.25, -0.2) is 4.98 Å². The maximum absolute atomic E-state index is 13.7. The number of carbonyl (C=O) groups is 3. The molecule has 46 heavy (non-hydrogen) atoms. The van der Waals surface area contributed by atoms with Crippen molar-refractivity contribution in [3.63, 3.8) is 0 Å². The molecule has 2 aliphatic heterocycles. The van der Waals surface area contributed by atoms with E-state index in [1.54, 1.807) is 12.1 Å². The summed E-state index contributed by atoms with van der Waals surface area (Å²) in [7, 11) is 1.50. The lowest BCUT2D eigenvalue weighted by atomic mass is 9.93. The molecule has 0 radical (unpaired) electrons. The van der Waals surface area contributed by atoms with Crippen LogP contribution in [0.2, 0.25) is 0 Å². The average Bonchev–Trinajstić information content (AvgIpc) is 3.66. The van der Waals surface area contributed by atoms with Crippen LogP contribution in [0, 0.1) is 18.8 Å². The van der Waals surface area contributed by atoms with Crippen LogP contribution < -0.4 is 20.7 Å². The van der Waals surface area contributed by atoms with Gasteiger partial charge in [0.25, 0.3) is 11.8 Å². The summed E-state index contributed by atoms with van der Waals surface area (Å²) in [6.45, 7) is 4.12. The Morgan fingerprint density at radius 1 is 1.07 bits per heavy atom. The van der Waals surface area contributed by atoms with Crippen molar-refractivity contribution in [1.29, 1.82) is 0 Å². The molecule has 2 saturated heterocycles. The van der Waals surface area contributed by atoms with Crippen molar-refractivity contribution in [2.24, 2.45) is 11.8 Å². The monoisotopic (exact) mass is 649 g/mol. The highest BCUT2D eigenvalue weighted by molar-refractivity contribution is 7.17. The number of para-hydroxylation sites is 1. The Morgan fingerprint density at radius 2 is 1.85 bits per heavy atom. The van der Waals surface area contributed by atoms with Gasteiger partial charge in [-0.1, -0.05) is 6.07 Å². The third kappa shape index (κ3) is 7.15. The Hall–Kier alpha value is -4.10. The molecule has 1 aliphatic carbocycles. The first-order valence-corrected chi connectivity index (χ1v) is 16.7. The molecule has 6 rings (SSSR count). The molecule has 1 saturated carbocycles. The van der Waals surface area contributed by atoms with Gasteiger partial charge in [0.2, 0.25) is 5.91 Å². The highest BCUT2D eigenvalue weighted by Gasteiger charge is 2.31. The molecule has 0 atom stereocenters. The van der Waals surface area contributed by atoms with Crippen LogP contribution >= 0.6 is 11.3 Å². The van der Waals surface area contributed by atoms with Gasteiger partial charge in [0, 0.05) is 36.2 Å². The zero-order valence-electron chi connectivity index (χ0n) is 29.2. The summed E-state index contributed by atoms with van der Waals surface area (Å²) in [5.41, 5.74) is 1.50. The number of piperidine rings is 1. The summed E-state index contributed by atoms with van der Waals surface area (Å²) < 4.78 is 28.2. The Balaban J connectivity index is 1.20. The number of nitrogens with zero attached hydrogens (tertiary/aromatic N) is 5. The van der Waals surface area contributed by atoms with E-state index >= 15 is 0 Å². The summed E-state index contributed by atoms with van der Waals surface area (Å²) in [6, 6.07) is 6.75. The second-order valence-corrected chi connectivity index (χ2v) is 13.2. The second-order valence-electron chi connectivity index (χ2n) is 12.2. The van der Waals surface area contributed by atoms with Crippen molar-refractivity contribution in [2.45, 2.75) is 51.9 Å². The summed E-state index contributed by atoms with van der Waals surface area (Å²) in [6.07, 6.45) is 7.38. The van der Waals surface area contributed by atoms with Crippen LogP contribution in [0.4, 0.5) is 17.2 Å². The number of ether oxygens (including phenoxy) is 1. The molecule has 3 amide bonds. The number of nitrogens with one attached hydrogen (secondary N) is 3. The van der Waals surface area contributed by atoms with E-state index in [4.69, 9.17) is 13.8 Å². The minimum Gasteiger partial charge on any atom is -0.494 e. The van der Waals surface area contributed by atoms with Gasteiger partial charge in [-0.05, 0) is 89.6 Å². The number of aromatic nitrogens is 3. The Bertz CT molecular complexity index is 1700. The lowest BCUT2D eigenvalue weighted by molar-refractivity contribution is -0.117. The van der Waals surface area contributed by atoms with E-state index < -0.39 is 12.9 Å². The molecule has 1 aromatic carbocycles. The summed E-state index contributed by atoms with van der Waals surface area (Å²) in [5, 5.41) is 16.3. The number of benzene rings is 1. The van der Waals surface area contributed by atoms with Crippen molar-refractivity contribution in [3.05, 3.63) is 40.5 Å². The number of hydrogen-bond acceptors (Lipinski definition) is 10. The van der Waals surface area contributed by atoms with Gasteiger partial charge in [-0.2, -0.15) is 0 Å².